The summed E-state index contributed by atoms with van der Waals surface area (Å²) in [7, 11) is 0. The first kappa shape index (κ1) is 13.2. The zero-order chi connectivity index (χ0) is 13.2. The van der Waals surface area contributed by atoms with E-state index in [1.807, 2.05) is 0 Å². The second-order valence-corrected chi connectivity index (χ2v) is 5.31. The number of hydrogen-bond donors (Lipinski definition) is 2. The Morgan fingerprint density at radius 3 is 2.72 bits per heavy atom. The molecule has 0 aromatic heterocycles. The van der Waals surface area contributed by atoms with Gasteiger partial charge < -0.3 is 10.4 Å². The minimum absolute atomic E-state index is 0.0534. The molecule has 0 atom stereocenters. The van der Waals surface area contributed by atoms with Gasteiger partial charge in [-0.1, -0.05) is 25.0 Å². The van der Waals surface area contributed by atoms with E-state index in [1.165, 1.54) is 0 Å². The molecule has 0 spiro atoms. The van der Waals surface area contributed by atoms with Crippen molar-refractivity contribution in [2.24, 2.45) is 0 Å². The van der Waals surface area contributed by atoms with Crippen LogP contribution in [0.2, 0.25) is 0 Å². The first-order chi connectivity index (χ1) is 8.58. The molecule has 0 saturated heterocycles. The van der Waals surface area contributed by atoms with Crippen LogP contribution >= 0.6 is 11.6 Å². The minimum Gasteiger partial charge on any atom is -0.507 e. The standard InChI is InChI=1S/C14H18ClNO2/c1-10-5-4-6-11(12(10)17)13(18)16-14(9-15)7-2-3-8-14/h4-6,17H,2-3,7-9H2,1H3,(H,16,18). The van der Waals surface area contributed by atoms with E-state index in [9.17, 15) is 9.90 Å². The molecule has 2 N–H and O–H groups in total. The van der Waals surface area contributed by atoms with Crippen molar-refractivity contribution in [3.63, 3.8) is 0 Å². The van der Waals surface area contributed by atoms with Crippen LogP contribution in [0.1, 0.15) is 41.6 Å². The second-order valence-electron chi connectivity index (χ2n) is 5.05. The Kier molecular flexibility index (Phi) is 3.81. The van der Waals surface area contributed by atoms with Gasteiger partial charge in [0.2, 0.25) is 0 Å². The van der Waals surface area contributed by atoms with Crippen LogP contribution in [0.4, 0.5) is 0 Å². The van der Waals surface area contributed by atoms with E-state index in [-0.39, 0.29) is 17.2 Å². The topological polar surface area (TPSA) is 49.3 Å². The number of aromatic hydroxyl groups is 1. The fourth-order valence-electron chi connectivity index (χ4n) is 2.49. The number of carbonyl (C=O) groups is 1. The fourth-order valence-corrected chi connectivity index (χ4v) is 2.83. The smallest absolute Gasteiger partial charge is 0.255 e. The number of rotatable bonds is 3. The van der Waals surface area contributed by atoms with Gasteiger partial charge in [0.15, 0.2) is 0 Å². The summed E-state index contributed by atoms with van der Waals surface area (Å²) in [5, 5.41) is 12.9. The molecule has 1 aliphatic carbocycles. The Morgan fingerprint density at radius 1 is 1.44 bits per heavy atom. The van der Waals surface area contributed by atoms with Gasteiger partial charge >= 0.3 is 0 Å². The van der Waals surface area contributed by atoms with Crippen LogP contribution in [-0.4, -0.2) is 22.4 Å². The zero-order valence-electron chi connectivity index (χ0n) is 10.5. The molecule has 1 aromatic carbocycles. The largest absolute Gasteiger partial charge is 0.507 e. The van der Waals surface area contributed by atoms with Crippen molar-refractivity contribution in [3.8, 4) is 5.75 Å². The van der Waals surface area contributed by atoms with Crippen molar-refractivity contribution in [2.45, 2.75) is 38.1 Å². The van der Waals surface area contributed by atoms with Gasteiger partial charge in [-0.25, -0.2) is 0 Å². The predicted molar refractivity (Wildman–Crippen MR) is 72.2 cm³/mol. The predicted octanol–water partition coefficient (Wildman–Crippen LogP) is 2.98. The normalized spacial score (nSPS) is 17.7. The molecule has 18 heavy (non-hydrogen) atoms. The first-order valence-electron chi connectivity index (χ1n) is 6.25. The van der Waals surface area contributed by atoms with Crippen LogP contribution in [0.15, 0.2) is 18.2 Å². The van der Waals surface area contributed by atoms with Crippen LogP contribution in [0.3, 0.4) is 0 Å². The van der Waals surface area contributed by atoms with E-state index in [2.05, 4.69) is 5.32 Å². The molecule has 3 nitrogen and oxygen atoms in total. The lowest BCUT2D eigenvalue weighted by molar-refractivity contribution is 0.0906. The van der Waals surface area contributed by atoms with Gasteiger partial charge in [-0.3, -0.25) is 4.79 Å². The summed E-state index contributed by atoms with van der Waals surface area (Å²) in [6, 6.07) is 5.18. The molecule has 4 heteroatoms. The van der Waals surface area contributed by atoms with Crippen LogP contribution in [0, 0.1) is 6.92 Å². The van der Waals surface area contributed by atoms with E-state index in [4.69, 9.17) is 11.6 Å². The van der Waals surface area contributed by atoms with Gasteiger partial charge in [0.1, 0.15) is 5.75 Å². The number of amides is 1. The van der Waals surface area contributed by atoms with Gasteiger partial charge in [-0.15, -0.1) is 11.6 Å². The number of benzene rings is 1. The number of aryl methyl sites for hydroxylation is 1. The Bertz CT molecular complexity index is 453. The van der Waals surface area contributed by atoms with Gasteiger partial charge in [-0.2, -0.15) is 0 Å². The number of hydrogen-bond acceptors (Lipinski definition) is 2. The van der Waals surface area contributed by atoms with E-state index >= 15 is 0 Å². The summed E-state index contributed by atoms with van der Waals surface area (Å²) < 4.78 is 0. The summed E-state index contributed by atoms with van der Waals surface area (Å²) in [5.41, 5.74) is 0.731. The highest BCUT2D eigenvalue weighted by Gasteiger charge is 2.35. The lowest BCUT2D eigenvalue weighted by atomic mass is 9.99. The first-order valence-corrected chi connectivity index (χ1v) is 6.78. The lowest BCUT2D eigenvalue weighted by Crippen LogP contribution is -2.47. The van der Waals surface area contributed by atoms with Crippen molar-refractivity contribution in [1.29, 1.82) is 0 Å². The van der Waals surface area contributed by atoms with E-state index in [0.717, 1.165) is 25.7 Å². The van der Waals surface area contributed by atoms with E-state index in [1.54, 1.807) is 25.1 Å². The second kappa shape index (κ2) is 5.19. The molecule has 0 radical (unpaired) electrons. The number of para-hydroxylation sites is 1. The van der Waals surface area contributed by atoms with Crippen molar-refractivity contribution in [3.05, 3.63) is 29.3 Å². The van der Waals surface area contributed by atoms with Crippen molar-refractivity contribution >= 4 is 17.5 Å². The minimum atomic E-state index is -0.297. The van der Waals surface area contributed by atoms with E-state index in [0.29, 0.717) is 17.0 Å². The number of carbonyl (C=O) groups excluding carboxylic acids is 1. The molecule has 0 aliphatic heterocycles. The number of alkyl halides is 1. The number of phenolic OH excluding ortho intramolecular Hbond substituents is 1. The molecule has 0 unspecified atom stereocenters. The Labute approximate surface area is 112 Å². The number of nitrogens with one attached hydrogen (secondary N) is 1. The van der Waals surface area contributed by atoms with Crippen LogP contribution in [0.5, 0.6) is 5.75 Å². The summed E-state index contributed by atoms with van der Waals surface area (Å²) in [5.74, 6) is 0.238. The van der Waals surface area contributed by atoms with Crippen LogP contribution in [-0.2, 0) is 0 Å². The molecule has 1 amide bonds. The third-order valence-electron chi connectivity index (χ3n) is 3.68. The maximum atomic E-state index is 12.2. The van der Waals surface area contributed by atoms with Crippen LogP contribution < -0.4 is 5.32 Å². The quantitative estimate of drug-likeness (QED) is 0.827. The maximum Gasteiger partial charge on any atom is 0.255 e. The highest BCUT2D eigenvalue weighted by molar-refractivity contribution is 6.19. The Morgan fingerprint density at radius 2 is 2.11 bits per heavy atom. The summed E-state index contributed by atoms with van der Waals surface area (Å²) >= 11 is 5.99. The molecule has 1 aliphatic rings. The van der Waals surface area contributed by atoms with Gasteiger partial charge in [0.05, 0.1) is 11.1 Å². The summed E-state index contributed by atoms with van der Waals surface area (Å²) in [6.45, 7) is 1.78. The molecule has 1 saturated carbocycles. The molecule has 0 bridgehead atoms. The molecular weight excluding hydrogens is 250 g/mol. The average molecular weight is 268 g/mol. The molecule has 1 fully saturated rings. The maximum absolute atomic E-state index is 12.2. The Balaban J connectivity index is 2.19. The van der Waals surface area contributed by atoms with E-state index < -0.39 is 0 Å². The molecule has 0 heterocycles. The van der Waals surface area contributed by atoms with Crippen molar-refractivity contribution in [1.82, 2.24) is 5.32 Å². The lowest BCUT2D eigenvalue weighted by Gasteiger charge is -2.28. The highest BCUT2D eigenvalue weighted by atomic mass is 35.5. The average Bonchev–Trinajstić information content (AvgIpc) is 2.81. The van der Waals surface area contributed by atoms with Gasteiger partial charge in [0.25, 0.3) is 5.91 Å². The van der Waals surface area contributed by atoms with Gasteiger partial charge in [-0.05, 0) is 31.4 Å². The van der Waals surface area contributed by atoms with Crippen molar-refractivity contribution in [2.75, 3.05) is 5.88 Å². The Hall–Kier alpha value is -1.22. The molecule has 1 aromatic rings. The van der Waals surface area contributed by atoms with Crippen molar-refractivity contribution < 1.29 is 9.90 Å². The monoisotopic (exact) mass is 267 g/mol. The summed E-state index contributed by atoms with van der Waals surface area (Å²) in [6.07, 6.45) is 4.00. The van der Waals surface area contributed by atoms with Gasteiger partial charge in [0, 0.05) is 5.88 Å². The highest BCUT2D eigenvalue weighted by Crippen LogP contribution is 2.31. The SMILES string of the molecule is Cc1cccc(C(=O)NC2(CCl)CCCC2)c1O. The number of halogens is 1. The third-order valence-corrected chi connectivity index (χ3v) is 4.19. The third kappa shape index (κ3) is 2.46. The molecular formula is C14H18ClNO2. The molecule has 2 rings (SSSR count). The summed E-state index contributed by atoms with van der Waals surface area (Å²) in [4.78, 5) is 12.2. The fraction of sp³-hybridized carbons (Fsp3) is 0.500. The van der Waals surface area contributed by atoms with Crippen LogP contribution in [0.25, 0.3) is 0 Å². The zero-order valence-corrected chi connectivity index (χ0v) is 11.3. The molecule has 98 valence electrons. The number of phenols is 1.